The van der Waals surface area contributed by atoms with Crippen LogP contribution < -0.4 is 4.74 Å². The van der Waals surface area contributed by atoms with Gasteiger partial charge in [-0.25, -0.2) is 4.39 Å². The Bertz CT molecular complexity index is 361. The molecule has 88 valence electrons. The van der Waals surface area contributed by atoms with Crippen molar-refractivity contribution in [2.24, 2.45) is 5.92 Å². The number of benzene rings is 1. The lowest BCUT2D eigenvalue weighted by Gasteiger charge is -2.15. The monoisotopic (exact) mass is 224 g/mol. The van der Waals surface area contributed by atoms with Crippen LogP contribution in [0.3, 0.4) is 0 Å². The number of hydrogen-bond acceptors (Lipinski definition) is 2. The van der Waals surface area contributed by atoms with Crippen molar-refractivity contribution in [1.29, 1.82) is 0 Å². The Morgan fingerprint density at radius 2 is 2.25 bits per heavy atom. The summed E-state index contributed by atoms with van der Waals surface area (Å²) in [6.45, 7) is 2.57. The van der Waals surface area contributed by atoms with Crippen LogP contribution in [-0.4, -0.2) is 18.3 Å². The SMILES string of the molecule is CC(CO)c1cc(F)ccc1OCC1CC1. The van der Waals surface area contributed by atoms with Crippen molar-refractivity contribution in [2.45, 2.75) is 25.7 Å². The topological polar surface area (TPSA) is 29.5 Å². The molecule has 1 unspecified atom stereocenters. The smallest absolute Gasteiger partial charge is 0.123 e. The molecule has 1 N–H and O–H groups in total. The Balaban J connectivity index is 2.13. The molecule has 1 aliphatic carbocycles. The van der Waals surface area contributed by atoms with E-state index < -0.39 is 0 Å². The zero-order valence-corrected chi connectivity index (χ0v) is 9.45. The molecule has 1 aromatic rings. The van der Waals surface area contributed by atoms with Gasteiger partial charge in [-0.15, -0.1) is 0 Å². The minimum Gasteiger partial charge on any atom is -0.493 e. The van der Waals surface area contributed by atoms with E-state index in [4.69, 9.17) is 9.84 Å². The third-order valence-electron chi connectivity index (χ3n) is 2.95. The maximum atomic E-state index is 13.1. The van der Waals surface area contributed by atoms with Gasteiger partial charge in [-0.1, -0.05) is 6.92 Å². The highest BCUT2D eigenvalue weighted by Crippen LogP contribution is 2.32. The van der Waals surface area contributed by atoms with Gasteiger partial charge >= 0.3 is 0 Å². The van der Waals surface area contributed by atoms with Crippen molar-refractivity contribution in [3.8, 4) is 5.75 Å². The predicted octanol–water partition coefficient (Wildman–Crippen LogP) is 2.71. The van der Waals surface area contributed by atoms with Gasteiger partial charge in [0, 0.05) is 18.1 Å². The van der Waals surface area contributed by atoms with E-state index in [-0.39, 0.29) is 18.3 Å². The highest BCUT2D eigenvalue weighted by atomic mass is 19.1. The lowest BCUT2D eigenvalue weighted by atomic mass is 10.0. The van der Waals surface area contributed by atoms with Gasteiger partial charge in [0.15, 0.2) is 0 Å². The number of aliphatic hydroxyl groups is 1. The lowest BCUT2D eigenvalue weighted by Crippen LogP contribution is -2.06. The van der Waals surface area contributed by atoms with Gasteiger partial charge in [0.1, 0.15) is 11.6 Å². The molecule has 1 fully saturated rings. The van der Waals surface area contributed by atoms with E-state index in [1.54, 1.807) is 6.07 Å². The molecular weight excluding hydrogens is 207 g/mol. The molecule has 0 heterocycles. The Kier molecular flexibility index (Phi) is 3.44. The van der Waals surface area contributed by atoms with E-state index in [1.165, 1.54) is 25.0 Å². The normalized spacial score (nSPS) is 17.2. The molecule has 0 aromatic heterocycles. The fourth-order valence-corrected chi connectivity index (χ4v) is 1.63. The van der Waals surface area contributed by atoms with Crippen LogP contribution in [0.1, 0.15) is 31.2 Å². The van der Waals surface area contributed by atoms with Crippen molar-refractivity contribution in [1.82, 2.24) is 0 Å². The largest absolute Gasteiger partial charge is 0.493 e. The quantitative estimate of drug-likeness (QED) is 0.833. The van der Waals surface area contributed by atoms with Gasteiger partial charge in [0.2, 0.25) is 0 Å². The van der Waals surface area contributed by atoms with Crippen LogP contribution >= 0.6 is 0 Å². The molecule has 0 radical (unpaired) electrons. The zero-order valence-electron chi connectivity index (χ0n) is 9.45. The van der Waals surface area contributed by atoms with E-state index in [0.717, 1.165) is 5.56 Å². The number of halogens is 1. The molecule has 1 aliphatic rings. The van der Waals surface area contributed by atoms with Crippen LogP contribution in [-0.2, 0) is 0 Å². The third kappa shape index (κ3) is 2.73. The van der Waals surface area contributed by atoms with E-state index in [2.05, 4.69) is 0 Å². The number of aliphatic hydroxyl groups excluding tert-OH is 1. The molecule has 3 heteroatoms. The average Bonchev–Trinajstić information content (AvgIpc) is 3.10. The van der Waals surface area contributed by atoms with Crippen LogP contribution in [0.5, 0.6) is 5.75 Å². The second-order valence-corrected chi connectivity index (χ2v) is 4.52. The van der Waals surface area contributed by atoms with Gasteiger partial charge in [-0.3, -0.25) is 0 Å². The third-order valence-corrected chi connectivity index (χ3v) is 2.95. The molecule has 0 saturated heterocycles. The highest BCUT2D eigenvalue weighted by Gasteiger charge is 2.23. The molecule has 0 amide bonds. The minimum atomic E-state index is -0.283. The average molecular weight is 224 g/mol. The molecule has 0 aliphatic heterocycles. The molecule has 1 atom stereocenters. The van der Waals surface area contributed by atoms with Crippen LogP contribution in [0, 0.1) is 11.7 Å². The first kappa shape index (κ1) is 11.4. The summed E-state index contributed by atoms with van der Waals surface area (Å²) in [4.78, 5) is 0. The van der Waals surface area contributed by atoms with E-state index in [1.807, 2.05) is 6.92 Å². The van der Waals surface area contributed by atoms with Crippen LogP contribution in [0.25, 0.3) is 0 Å². The summed E-state index contributed by atoms with van der Waals surface area (Å²) in [6.07, 6.45) is 2.46. The standard InChI is InChI=1S/C13H17FO2/c1-9(7-15)12-6-11(14)4-5-13(12)16-8-10-2-3-10/h4-6,9-10,15H,2-3,7-8H2,1H3. The van der Waals surface area contributed by atoms with E-state index in [0.29, 0.717) is 18.3 Å². The van der Waals surface area contributed by atoms with Gasteiger partial charge in [-0.2, -0.15) is 0 Å². The lowest BCUT2D eigenvalue weighted by molar-refractivity contribution is 0.261. The van der Waals surface area contributed by atoms with Crippen LogP contribution in [0.2, 0.25) is 0 Å². The summed E-state index contributed by atoms with van der Waals surface area (Å²) in [5.74, 6) is 0.996. The molecule has 0 bridgehead atoms. The summed E-state index contributed by atoms with van der Waals surface area (Å²) in [5, 5.41) is 9.12. The second-order valence-electron chi connectivity index (χ2n) is 4.52. The van der Waals surface area contributed by atoms with Gasteiger partial charge < -0.3 is 9.84 Å². The molecule has 2 rings (SSSR count). The van der Waals surface area contributed by atoms with Gasteiger partial charge in [0.05, 0.1) is 6.61 Å². The molecule has 0 spiro atoms. The van der Waals surface area contributed by atoms with Crippen LogP contribution in [0.15, 0.2) is 18.2 Å². The fourth-order valence-electron chi connectivity index (χ4n) is 1.63. The molecule has 2 nitrogen and oxygen atoms in total. The number of rotatable bonds is 5. The summed E-state index contributed by atoms with van der Waals surface area (Å²) < 4.78 is 18.8. The molecule has 16 heavy (non-hydrogen) atoms. The van der Waals surface area contributed by atoms with Crippen molar-refractivity contribution < 1.29 is 14.2 Å². The summed E-state index contributed by atoms with van der Waals surface area (Å²) in [6, 6.07) is 4.50. The van der Waals surface area contributed by atoms with E-state index >= 15 is 0 Å². The maximum Gasteiger partial charge on any atom is 0.123 e. The van der Waals surface area contributed by atoms with Crippen molar-refractivity contribution in [3.05, 3.63) is 29.6 Å². The summed E-state index contributed by atoms with van der Waals surface area (Å²) >= 11 is 0. The highest BCUT2D eigenvalue weighted by molar-refractivity contribution is 5.36. The Hall–Kier alpha value is -1.09. The Labute approximate surface area is 95.1 Å². The summed E-state index contributed by atoms with van der Waals surface area (Å²) in [7, 11) is 0. The maximum absolute atomic E-state index is 13.1. The predicted molar refractivity (Wildman–Crippen MR) is 60.1 cm³/mol. The Morgan fingerprint density at radius 1 is 1.50 bits per heavy atom. The molecule has 1 saturated carbocycles. The van der Waals surface area contributed by atoms with Crippen molar-refractivity contribution in [2.75, 3.05) is 13.2 Å². The zero-order chi connectivity index (χ0) is 11.5. The Morgan fingerprint density at radius 3 is 2.88 bits per heavy atom. The number of hydrogen-bond donors (Lipinski definition) is 1. The van der Waals surface area contributed by atoms with Crippen LogP contribution in [0.4, 0.5) is 4.39 Å². The van der Waals surface area contributed by atoms with E-state index in [9.17, 15) is 4.39 Å². The van der Waals surface area contributed by atoms with Gasteiger partial charge in [-0.05, 0) is 37.0 Å². The van der Waals surface area contributed by atoms with Crippen molar-refractivity contribution in [3.63, 3.8) is 0 Å². The number of ether oxygens (including phenoxy) is 1. The molecule has 1 aromatic carbocycles. The fraction of sp³-hybridized carbons (Fsp3) is 0.538. The van der Waals surface area contributed by atoms with Crippen molar-refractivity contribution >= 4 is 0 Å². The molecular formula is C13H17FO2. The first-order valence-electron chi connectivity index (χ1n) is 5.74. The second kappa shape index (κ2) is 4.83. The minimum absolute atomic E-state index is 0.00322. The summed E-state index contributed by atoms with van der Waals surface area (Å²) in [5.41, 5.74) is 0.753. The van der Waals surface area contributed by atoms with Gasteiger partial charge in [0.25, 0.3) is 0 Å². The first-order valence-corrected chi connectivity index (χ1v) is 5.74. The first-order chi connectivity index (χ1) is 7.70.